The zero-order chi connectivity index (χ0) is 19.4. The minimum absolute atomic E-state index is 0.0593. The van der Waals surface area contributed by atoms with Crippen LogP contribution in [0.1, 0.15) is 52.8 Å². The Kier molecular flexibility index (Phi) is 5.84. The van der Waals surface area contributed by atoms with Crippen molar-refractivity contribution in [2.75, 3.05) is 12.4 Å². The van der Waals surface area contributed by atoms with Gasteiger partial charge in [-0.1, -0.05) is 19.3 Å². The Labute approximate surface area is 157 Å². The van der Waals surface area contributed by atoms with Crippen LogP contribution in [0.2, 0.25) is 0 Å². The smallest absolute Gasteiger partial charge is 0.258 e. The minimum atomic E-state index is -0.796. The molecule has 1 aliphatic rings. The maximum Gasteiger partial charge on any atom is 0.258 e. The number of benzene rings is 2. The van der Waals surface area contributed by atoms with E-state index in [4.69, 9.17) is 0 Å². The van der Waals surface area contributed by atoms with Crippen molar-refractivity contribution in [3.63, 3.8) is 0 Å². The van der Waals surface area contributed by atoms with Crippen LogP contribution in [-0.4, -0.2) is 29.8 Å². The molecular formula is C21H22F2N2O2. The van der Waals surface area contributed by atoms with Gasteiger partial charge in [0.25, 0.3) is 11.8 Å². The van der Waals surface area contributed by atoms with Gasteiger partial charge in [-0.3, -0.25) is 9.59 Å². The van der Waals surface area contributed by atoms with Crippen LogP contribution in [0.15, 0.2) is 42.5 Å². The van der Waals surface area contributed by atoms with Gasteiger partial charge in [-0.2, -0.15) is 0 Å². The van der Waals surface area contributed by atoms with Crippen LogP contribution in [0, 0.1) is 11.6 Å². The standard InChI is InChI=1S/C21H22F2N2O2/c1-25(17-5-3-2-4-6-17)21(27)14-7-10-16(11-8-14)24-20(26)18-13-15(22)9-12-19(18)23/h7-13,17H,2-6H2,1H3,(H,24,26). The van der Waals surface area contributed by atoms with Gasteiger partial charge in [0, 0.05) is 24.3 Å². The third-order valence-corrected chi connectivity index (χ3v) is 5.01. The highest BCUT2D eigenvalue weighted by Crippen LogP contribution is 2.23. The minimum Gasteiger partial charge on any atom is -0.339 e. The van der Waals surface area contributed by atoms with Crippen LogP contribution < -0.4 is 5.32 Å². The van der Waals surface area contributed by atoms with E-state index in [9.17, 15) is 18.4 Å². The molecule has 0 aromatic heterocycles. The Hall–Kier alpha value is -2.76. The molecule has 1 N–H and O–H groups in total. The number of hydrogen-bond acceptors (Lipinski definition) is 2. The lowest BCUT2D eigenvalue weighted by Crippen LogP contribution is -2.38. The Morgan fingerprint density at radius 2 is 1.67 bits per heavy atom. The molecule has 0 unspecified atom stereocenters. The third kappa shape index (κ3) is 4.51. The van der Waals surface area contributed by atoms with Crippen LogP contribution in [0.3, 0.4) is 0 Å². The zero-order valence-corrected chi connectivity index (χ0v) is 15.2. The zero-order valence-electron chi connectivity index (χ0n) is 15.2. The molecule has 27 heavy (non-hydrogen) atoms. The summed E-state index contributed by atoms with van der Waals surface area (Å²) in [6.45, 7) is 0. The molecule has 0 atom stereocenters. The van der Waals surface area contributed by atoms with Crippen LogP contribution >= 0.6 is 0 Å². The molecule has 0 saturated heterocycles. The van der Waals surface area contributed by atoms with Gasteiger partial charge in [-0.15, -0.1) is 0 Å². The molecule has 0 spiro atoms. The first-order valence-electron chi connectivity index (χ1n) is 9.09. The summed E-state index contributed by atoms with van der Waals surface area (Å²) in [6, 6.07) is 9.39. The van der Waals surface area contributed by atoms with Crippen molar-refractivity contribution >= 4 is 17.5 Å². The van der Waals surface area contributed by atoms with E-state index in [-0.39, 0.29) is 17.5 Å². The van der Waals surface area contributed by atoms with E-state index >= 15 is 0 Å². The highest BCUT2D eigenvalue weighted by molar-refractivity contribution is 6.04. The Morgan fingerprint density at radius 1 is 1.00 bits per heavy atom. The van der Waals surface area contributed by atoms with Crippen molar-refractivity contribution in [2.45, 2.75) is 38.1 Å². The summed E-state index contributed by atoms with van der Waals surface area (Å²) in [5.74, 6) is -2.29. The Morgan fingerprint density at radius 3 is 2.33 bits per heavy atom. The summed E-state index contributed by atoms with van der Waals surface area (Å²) in [5.41, 5.74) is 0.561. The molecule has 2 aromatic carbocycles. The van der Waals surface area contributed by atoms with Crippen molar-refractivity contribution in [1.29, 1.82) is 0 Å². The predicted octanol–water partition coefficient (Wildman–Crippen LogP) is 4.62. The maximum atomic E-state index is 13.7. The third-order valence-electron chi connectivity index (χ3n) is 5.01. The second kappa shape index (κ2) is 8.29. The highest BCUT2D eigenvalue weighted by atomic mass is 19.1. The van der Waals surface area contributed by atoms with E-state index in [1.807, 2.05) is 7.05 Å². The second-order valence-corrected chi connectivity index (χ2v) is 6.86. The van der Waals surface area contributed by atoms with Gasteiger partial charge < -0.3 is 10.2 Å². The Balaban J connectivity index is 1.67. The normalized spacial score (nSPS) is 14.6. The van der Waals surface area contributed by atoms with Crippen LogP contribution in [0.5, 0.6) is 0 Å². The largest absolute Gasteiger partial charge is 0.339 e. The number of hydrogen-bond donors (Lipinski definition) is 1. The van der Waals surface area contributed by atoms with Crippen molar-refractivity contribution < 1.29 is 18.4 Å². The maximum absolute atomic E-state index is 13.7. The topological polar surface area (TPSA) is 49.4 Å². The molecule has 2 aromatic rings. The van der Waals surface area contributed by atoms with Crippen molar-refractivity contribution in [1.82, 2.24) is 4.90 Å². The van der Waals surface area contributed by atoms with Crippen molar-refractivity contribution in [3.8, 4) is 0 Å². The van der Waals surface area contributed by atoms with E-state index in [0.717, 1.165) is 43.9 Å². The van der Waals surface area contributed by atoms with Gasteiger partial charge in [0.05, 0.1) is 5.56 Å². The monoisotopic (exact) mass is 372 g/mol. The van der Waals surface area contributed by atoms with Crippen LogP contribution in [0.4, 0.5) is 14.5 Å². The summed E-state index contributed by atoms with van der Waals surface area (Å²) < 4.78 is 26.9. The first-order chi connectivity index (χ1) is 13.0. The summed E-state index contributed by atoms with van der Waals surface area (Å²) in [4.78, 5) is 26.5. The molecule has 1 fully saturated rings. The molecule has 0 aliphatic heterocycles. The first kappa shape index (κ1) is 19.0. The number of carbonyl (C=O) groups excluding carboxylic acids is 2. The number of halogens is 2. The lowest BCUT2D eigenvalue weighted by atomic mass is 9.94. The van der Waals surface area contributed by atoms with Gasteiger partial charge >= 0.3 is 0 Å². The van der Waals surface area contributed by atoms with Crippen molar-refractivity contribution in [2.24, 2.45) is 0 Å². The van der Waals surface area contributed by atoms with Crippen LogP contribution in [0.25, 0.3) is 0 Å². The summed E-state index contributed by atoms with van der Waals surface area (Å²) in [7, 11) is 1.82. The average Bonchev–Trinajstić information content (AvgIpc) is 2.70. The quantitative estimate of drug-likeness (QED) is 0.851. The average molecular weight is 372 g/mol. The molecule has 0 heterocycles. The molecule has 1 aliphatic carbocycles. The second-order valence-electron chi connectivity index (χ2n) is 6.86. The van der Waals surface area contributed by atoms with E-state index in [2.05, 4.69) is 5.32 Å². The molecule has 142 valence electrons. The molecule has 2 amide bonds. The van der Waals surface area contributed by atoms with Gasteiger partial charge in [0.2, 0.25) is 0 Å². The fourth-order valence-corrected chi connectivity index (χ4v) is 3.40. The Bertz CT molecular complexity index is 831. The SMILES string of the molecule is CN(C(=O)c1ccc(NC(=O)c2cc(F)ccc2F)cc1)C1CCCCC1. The van der Waals surface area contributed by atoms with Gasteiger partial charge in [0.15, 0.2) is 0 Å². The number of amides is 2. The fourth-order valence-electron chi connectivity index (χ4n) is 3.40. The predicted molar refractivity (Wildman–Crippen MR) is 99.7 cm³/mol. The number of anilines is 1. The molecule has 4 nitrogen and oxygen atoms in total. The van der Waals surface area contributed by atoms with Gasteiger partial charge in [-0.05, 0) is 55.3 Å². The first-order valence-corrected chi connectivity index (χ1v) is 9.09. The molecule has 3 rings (SSSR count). The highest BCUT2D eigenvalue weighted by Gasteiger charge is 2.23. The lowest BCUT2D eigenvalue weighted by molar-refractivity contribution is 0.0696. The fraction of sp³-hybridized carbons (Fsp3) is 0.333. The van der Waals surface area contributed by atoms with E-state index in [0.29, 0.717) is 11.3 Å². The molecule has 6 heteroatoms. The summed E-state index contributed by atoms with van der Waals surface area (Å²) >= 11 is 0. The van der Waals surface area contributed by atoms with Crippen molar-refractivity contribution in [3.05, 3.63) is 65.2 Å². The van der Waals surface area contributed by atoms with Gasteiger partial charge in [0.1, 0.15) is 11.6 Å². The summed E-state index contributed by atoms with van der Waals surface area (Å²) in [6.07, 6.45) is 5.55. The molecular weight excluding hydrogens is 350 g/mol. The number of nitrogens with one attached hydrogen (secondary N) is 1. The number of carbonyl (C=O) groups is 2. The summed E-state index contributed by atoms with van der Waals surface area (Å²) in [5, 5.41) is 2.51. The number of rotatable bonds is 4. The number of nitrogens with zero attached hydrogens (tertiary/aromatic N) is 1. The van der Waals surface area contributed by atoms with E-state index in [1.54, 1.807) is 29.2 Å². The molecule has 0 radical (unpaired) electrons. The van der Waals surface area contributed by atoms with Crippen LogP contribution in [-0.2, 0) is 0 Å². The van der Waals surface area contributed by atoms with Gasteiger partial charge in [-0.25, -0.2) is 8.78 Å². The molecule has 0 bridgehead atoms. The van der Waals surface area contributed by atoms with E-state index in [1.165, 1.54) is 6.42 Å². The van der Waals surface area contributed by atoms with E-state index < -0.39 is 17.5 Å². The lowest BCUT2D eigenvalue weighted by Gasteiger charge is -2.31. The molecule has 1 saturated carbocycles.